The minimum Gasteiger partial charge on any atom is -0.314 e. The molecule has 1 N–H and O–H groups in total. The summed E-state index contributed by atoms with van der Waals surface area (Å²) in [7, 11) is 0. The molecule has 0 radical (unpaired) electrons. The van der Waals surface area contributed by atoms with E-state index in [0.29, 0.717) is 0 Å². The van der Waals surface area contributed by atoms with Gasteiger partial charge in [-0.2, -0.15) is 0 Å². The summed E-state index contributed by atoms with van der Waals surface area (Å²) in [6.45, 7) is 7.22. The molecule has 1 aliphatic heterocycles. The van der Waals surface area contributed by atoms with Gasteiger partial charge in [0.15, 0.2) is 0 Å². The molecule has 17 heavy (non-hydrogen) atoms. The van der Waals surface area contributed by atoms with Crippen LogP contribution in [0.4, 0.5) is 0 Å². The molecule has 1 atom stereocenters. The molecule has 0 spiro atoms. The van der Waals surface area contributed by atoms with Gasteiger partial charge in [-0.3, -0.25) is 4.90 Å². The lowest BCUT2D eigenvalue weighted by molar-refractivity contribution is 0.316. The molecular formula is C14H22N2S. The Hall–Kier alpha value is -0.380. The average molecular weight is 250 g/mol. The van der Waals surface area contributed by atoms with Crippen molar-refractivity contribution in [3.05, 3.63) is 21.9 Å². The molecule has 3 heteroatoms. The lowest BCUT2D eigenvalue weighted by Crippen LogP contribution is -2.27. The summed E-state index contributed by atoms with van der Waals surface area (Å²) in [5.74, 6) is 0.885. The van der Waals surface area contributed by atoms with E-state index in [1.54, 1.807) is 4.88 Å². The number of hydrogen-bond acceptors (Lipinski definition) is 3. The van der Waals surface area contributed by atoms with Gasteiger partial charge in [0, 0.05) is 24.0 Å². The minimum absolute atomic E-state index is 0.864. The van der Waals surface area contributed by atoms with Crippen molar-refractivity contribution in [1.29, 1.82) is 0 Å². The number of rotatable bonds is 5. The molecule has 3 rings (SSSR count). The topological polar surface area (TPSA) is 15.3 Å². The Bertz CT molecular complexity index is 370. The first-order chi connectivity index (χ1) is 8.31. The van der Waals surface area contributed by atoms with Crippen LogP contribution in [-0.4, -0.2) is 30.6 Å². The van der Waals surface area contributed by atoms with Crippen LogP contribution in [0, 0.1) is 12.8 Å². The zero-order valence-corrected chi connectivity index (χ0v) is 11.4. The van der Waals surface area contributed by atoms with Crippen LogP contribution in [0.1, 0.15) is 29.7 Å². The molecule has 1 saturated heterocycles. The number of hydrogen-bond donors (Lipinski definition) is 1. The number of aryl methyl sites for hydroxylation is 1. The van der Waals surface area contributed by atoms with Crippen LogP contribution >= 0.6 is 11.3 Å². The summed E-state index contributed by atoms with van der Waals surface area (Å²) in [5.41, 5.74) is 1.47. The van der Waals surface area contributed by atoms with Crippen molar-refractivity contribution in [2.45, 2.75) is 38.8 Å². The number of thiophene rings is 1. The Balaban J connectivity index is 1.45. The van der Waals surface area contributed by atoms with Gasteiger partial charge in [-0.1, -0.05) is 0 Å². The van der Waals surface area contributed by atoms with Gasteiger partial charge in [0.05, 0.1) is 0 Å². The van der Waals surface area contributed by atoms with Crippen LogP contribution in [0.25, 0.3) is 0 Å². The molecular weight excluding hydrogens is 228 g/mol. The largest absolute Gasteiger partial charge is 0.314 e. The highest BCUT2D eigenvalue weighted by Crippen LogP contribution is 2.24. The fourth-order valence-corrected chi connectivity index (χ4v) is 3.56. The Labute approximate surface area is 108 Å². The number of nitrogens with zero attached hydrogens (tertiary/aromatic N) is 1. The Morgan fingerprint density at radius 3 is 3.00 bits per heavy atom. The van der Waals surface area contributed by atoms with Gasteiger partial charge < -0.3 is 5.32 Å². The van der Waals surface area contributed by atoms with E-state index in [1.165, 1.54) is 51.0 Å². The van der Waals surface area contributed by atoms with Crippen molar-refractivity contribution >= 4 is 11.3 Å². The maximum atomic E-state index is 3.67. The molecule has 1 aromatic rings. The molecule has 2 heterocycles. The van der Waals surface area contributed by atoms with Gasteiger partial charge in [-0.25, -0.2) is 0 Å². The van der Waals surface area contributed by atoms with Crippen molar-refractivity contribution in [3.8, 4) is 0 Å². The fourth-order valence-electron chi connectivity index (χ4n) is 2.61. The SMILES string of the molecule is Cc1ccsc1CN1CCC(CNC2CC2)C1. The summed E-state index contributed by atoms with van der Waals surface area (Å²) in [5, 5.41) is 5.88. The predicted octanol–water partition coefficient (Wildman–Crippen LogP) is 2.63. The smallest absolute Gasteiger partial charge is 0.0330 e. The molecule has 0 amide bonds. The second-order valence-corrected chi connectivity index (χ2v) is 6.60. The first-order valence-electron chi connectivity index (χ1n) is 6.80. The van der Waals surface area contributed by atoms with Crippen molar-refractivity contribution < 1.29 is 0 Å². The molecule has 2 nitrogen and oxygen atoms in total. The van der Waals surface area contributed by atoms with E-state index in [1.807, 2.05) is 11.3 Å². The van der Waals surface area contributed by atoms with E-state index in [2.05, 4.69) is 28.6 Å². The molecule has 1 saturated carbocycles. The molecule has 1 unspecified atom stereocenters. The third-order valence-corrected chi connectivity index (χ3v) is 4.99. The summed E-state index contributed by atoms with van der Waals surface area (Å²) < 4.78 is 0. The van der Waals surface area contributed by atoms with E-state index in [-0.39, 0.29) is 0 Å². The van der Waals surface area contributed by atoms with Crippen molar-refractivity contribution in [1.82, 2.24) is 10.2 Å². The average Bonchev–Trinajstić information content (AvgIpc) is 2.92. The normalized spacial score (nSPS) is 25.6. The van der Waals surface area contributed by atoms with Gasteiger partial charge >= 0.3 is 0 Å². The van der Waals surface area contributed by atoms with Gasteiger partial charge in [-0.05, 0) is 62.2 Å². The lowest BCUT2D eigenvalue weighted by atomic mass is 10.1. The molecule has 0 bridgehead atoms. The van der Waals surface area contributed by atoms with Crippen LogP contribution in [0.3, 0.4) is 0 Å². The van der Waals surface area contributed by atoms with Crippen molar-refractivity contribution in [2.24, 2.45) is 5.92 Å². The van der Waals surface area contributed by atoms with Gasteiger partial charge in [0.1, 0.15) is 0 Å². The summed E-state index contributed by atoms with van der Waals surface area (Å²) >= 11 is 1.91. The van der Waals surface area contributed by atoms with E-state index in [9.17, 15) is 0 Å². The second-order valence-electron chi connectivity index (χ2n) is 5.60. The van der Waals surface area contributed by atoms with E-state index in [4.69, 9.17) is 0 Å². The highest BCUT2D eigenvalue weighted by atomic mass is 32.1. The van der Waals surface area contributed by atoms with Crippen molar-refractivity contribution in [3.63, 3.8) is 0 Å². The molecule has 0 aromatic carbocycles. The van der Waals surface area contributed by atoms with Crippen LogP contribution in [0.2, 0.25) is 0 Å². The monoisotopic (exact) mass is 250 g/mol. The Morgan fingerprint density at radius 1 is 1.41 bits per heavy atom. The molecule has 94 valence electrons. The maximum absolute atomic E-state index is 3.67. The summed E-state index contributed by atoms with van der Waals surface area (Å²) in [6.07, 6.45) is 4.19. The third kappa shape index (κ3) is 3.09. The third-order valence-electron chi connectivity index (χ3n) is 3.98. The van der Waals surface area contributed by atoms with Crippen LogP contribution in [0.5, 0.6) is 0 Å². The van der Waals surface area contributed by atoms with E-state index < -0.39 is 0 Å². The number of likely N-dealkylation sites (tertiary alicyclic amines) is 1. The highest BCUT2D eigenvalue weighted by molar-refractivity contribution is 7.10. The molecule has 1 aliphatic carbocycles. The predicted molar refractivity (Wildman–Crippen MR) is 73.5 cm³/mol. The van der Waals surface area contributed by atoms with E-state index in [0.717, 1.165) is 12.0 Å². The summed E-state index contributed by atoms with van der Waals surface area (Å²) in [4.78, 5) is 4.18. The Kier molecular flexibility index (Phi) is 3.50. The standard InChI is InChI=1S/C14H22N2S/c1-11-5-7-17-14(11)10-16-6-4-12(9-16)8-15-13-2-3-13/h5,7,12-13,15H,2-4,6,8-10H2,1H3. The maximum Gasteiger partial charge on any atom is 0.0330 e. The first kappa shape index (κ1) is 11.7. The quantitative estimate of drug-likeness (QED) is 0.864. The van der Waals surface area contributed by atoms with Gasteiger partial charge in [0.25, 0.3) is 0 Å². The number of nitrogens with one attached hydrogen (secondary N) is 1. The van der Waals surface area contributed by atoms with Gasteiger partial charge in [-0.15, -0.1) is 11.3 Å². The van der Waals surface area contributed by atoms with E-state index >= 15 is 0 Å². The summed E-state index contributed by atoms with van der Waals surface area (Å²) in [6, 6.07) is 3.10. The first-order valence-corrected chi connectivity index (χ1v) is 7.68. The van der Waals surface area contributed by atoms with Crippen LogP contribution < -0.4 is 5.32 Å². The van der Waals surface area contributed by atoms with Crippen molar-refractivity contribution in [2.75, 3.05) is 19.6 Å². The zero-order valence-electron chi connectivity index (χ0n) is 10.6. The van der Waals surface area contributed by atoms with Gasteiger partial charge in [0.2, 0.25) is 0 Å². The van der Waals surface area contributed by atoms with Crippen LogP contribution in [0.15, 0.2) is 11.4 Å². The Morgan fingerprint density at radius 2 is 2.29 bits per heavy atom. The fraction of sp³-hybridized carbons (Fsp3) is 0.714. The van der Waals surface area contributed by atoms with Crippen LogP contribution in [-0.2, 0) is 6.54 Å². The highest BCUT2D eigenvalue weighted by Gasteiger charge is 2.26. The molecule has 2 fully saturated rings. The minimum atomic E-state index is 0.864. The molecule has 1 aromatic heterocycles. The molecule has 2 aliphatic rings. The second kappa shape index (κ2) is 5.09. The lowest BCUT2D eigenvalue weighted by Gasteiger charge is -2.16. The zero-order chi connectivity index (χ0) is 11.7.